The second-order valence-electron chi connectivity index (χ2n) is 5.82. The van der Waals surface area contributed by atoms with Crippen molar-refractivity contribution in [3.8, 4) is 17.1 Å². The third-order valence-corrected chi connectivity index (χ3v) is 3.97. The Morgan fingerprint density at radius 2 is 2.11 bits per heavy atom. The van der Waals surface area contributed by atoms with Crippen LogP contribution in [-0.4, -0.2) is 30.8 Å². The molecular weight excluding hydrogens is 348 g/mol. The molecule has 2 N–H and O–H groups in total. The Kier molecular flexibility index (Phi) is 4.09. The van der Waals surface area contributed by atoms with Gasteiger partial charge in [-0.3, -0.25) is 14.3 Å². The second-order valence-corrected chi connectivity index (χ2v) is 5.82. The number of aryl methyl sites for hydroxylation is 1. The Balaban J connectivity index is 1.57. The molecule has 0 aliphatic rings. The summed E-state index contributed by atoms with van der Waals surface area (Å²) in [6.07, 6.45) is 3.04. The smallest absolute Gasteiger partial charge is 0.322 e. The van der Waals surface area contributed by atoms with Crippen LogP contribution >= 0.6 is 0 Å². The van der Waals surface area contributed by atoms with Crippen LogP contribution in [0.15, 0.2) is 64.4 Å². The van der Waals surface area contributed by atoms with E-state index in [0.717, 1.165) is 11.3 Å². The van der Waals surface area contributed by atoms with Crippen molar-refractivity contribution in [3.63, 3.8) is 0 Å². The number of hydrogen-bond donors (Lipinski definition) is 2. The van der Waals surface area contributed by atoms with Gasteiger partial charge in [0, 0.05) is 16.8 Å². The lowest BCUT2D eigenvalue weighted by Gasteiger charge is -2.10. The van der Waals surface area contributed by atoms with Crippen LogP contribution in [0.4, 0.5) is 5.69 Å². The molecule has 0 saturated heterocycles. The van der Waals surface area contributed by atoms with Gasteiger partial charge in [-0.2, -0.15) is 5.10 Å². The summed E-state index contributed by atoms with van der Waals surface area (Å²) in [7, 11) is 0. The number of benzene rings is 2. The van der Waals surface area contributed by atoms with Crippen LogP contribution < -0.4 is 11.1 Å². The Hall–Kier alpha value is -4.01. The standard InChI is InChI=1S/C18H14N6O3/c1-11-7-14(24-10-19-9-20-24)5-6-15(11)17(25)21-13-4-2-3-12(8-13)16-22-18(26)27-23-16/h2-10H,1H3,(H,21,25)(H,22,23,26). The molecule has 134 valence electrons. The van der Waals surface area contributed by atoms with E-state index in [-0.39, 0.29) is 5.91 Å². The third kappa shape index (κ3) is 3.38. The zero-order chi connectivity index (χ0) is 18.8. The molecule has 0 atom stereocenters. The van der Waals surface area contributed by atoms with Crippen LogP contribution in [-0.2, 0) is 0 Å². The van der Waals surface area contributed by atoms with Crippen LogP contribution in [0, 0.1) is 6.92 Å². The number of rotatable bonds is 4. The summed E-state index contributed by atoms with van der Waals surface area (Å²) in [6, 6.07) is 12.3. The molecule has 0 fully saturated rings. The van der Waals surface area contributed by atoms with E-state index in [9.17, 15) is 9.59 Å². The van der Waals surface area contributed by atoms with E-state index in [1.54, 1.807) is 47.4 Å². The minimum atomic E-state index is -0.637. The number of anilines is 1. The van der Waals surface area contributed by atoms with Crippen molar-refractivity contribution >= 4 is 11.6 Å². The molecule has 9 nitrogen and oxygen atoms in total. The summed E-state index contributed by atoms with van der Waals surface area (Å²) in [4.78, 5) is 30.1. The topological polar surface area (TPSA) is 119 Å². The van der Waals surface area contributed by atoms with E-state index in [4.69, 9.17) is 0 Å². The quantitative estimate of drug-likeness (QED) is 0.574. The van der Waals surface area contributed by atoms with Crippen LogP contribution in [0.25, 0.3) is 17.1 Å². The van der Waals surface area contributed by atoms with E-state index in [1.165, 1.54) is 6.33 Å². The van der Waals surface area contributed by atoms with Gasteiger partial charge in [-0.1, -0.05) is 17.3 Å². The highest BCUT2D eigenvalue weighted by Gasteiger charge is 2.12. The fraction of sp³-hybridized carbons (Fsp3) is 0.0556. The number of aromatic amines is 1. The van der Waals surface area contributed by atoms with Crippen molar-refractivity contribution in [3.05, 3.63) is 76.8 Å². The zero-order valence-corrected chi connectivity index (χ0v) is 14.2. The van der Waals surface area contributed by atoms with Crippen molar-refractivity contribution in [2.75, 3.05) is 5.32 Å². The van der Waals surface area contributed by atoms with Gasteiger partial charge in [0.15, 0.2) is 5.82 Å². The maximum atomic E-state index is 12.6. The normalized spacial score (nSPS) is 10.7. The predicted molar refractivity (Wildman–Crippen MR) is 96.6 cm³/mol. The maximum absolute atomic E-state index is 12.6. The second kappa shape index (κ2) is 6.71. The van der Waals surface area contributed by atoms with Crippen molar-refractivity contribution in [2.45, 2.75) is 6.92 Å². The van der Waals surface area contributed by atoms with Gasteiger partial charge in [0.1, 0.15) is 12.7 Å². The molecule has 1 amide bonds. The van der Waals surface area contributed by atoms with E-state index in [0.29, 0.717) is 22.6 Å². The molecule has 0 radical (unpaired) electrons. The molecule has 0 saturated carbocycles. The number of amides is 1. The van der Waals surface area contributed by atoms with Crippen LogP contribution in [0.3, 0.4) is 0 Å². The summed E-state index contributed by atoms with van der Waals surface area (Å²) in [5, 5.41) is 10.6. The number of aromatic nitrogens is 5. The number of carbonyl (C=O) groups is 1. The van der Waals surface area contributed by atoms with Gasteiger partial charge in [0.05, 0.1) is 5.69 Å². The molecule has 0 aliphatic carbocycles. The Morgan fingerprint density at radius 1 is 1.22 bits per heavy atom. The highest BCUT2D eigenvalue weighted by molar-refractivity contribution is 6.05. The number of H-pyrrole nitrogens is 1. The first kappa shape index (κ1) is 16.5. The summed E-state index contributed by atoms with van der Waals surface area (Å²) in [6.45, 7) is 1.85. The average Bonchev–Trinajstić information content (AvgIpc) is 3.33. The number of carbonyl (C=O) groups excluding carboxylic acids is 1. The largest absolute Gasteiger partial charge is 0.439 e. The molecule has 0 aliphatic heterocycles. The van der Waals surface area contributed by atoms with E-state index in [2.05, 4.69) is 30.1 Å². The summed E-state index contributed by atoms with van der Waals surface area (Å²) in [5.41, 5.74) is 3.35. The molecular formula is C18H14N6O3. The maximum Gasteiger partial charge on any atom is 0.439 e. The molecule has 9 heteroatoms. The molecule has 2 aromatic carbocycles. The molecule has 27 heavy (non-hydrogen) atoms. The molecule has 2 aromatic heterocycles. The van der Waals surface area contributed by atoms with Gasteiger partial charge in [0.2, 0.25) is 0 Å². The first-order chi connectivity index (χ1) is 13.1. The van der Waals surface area contributed by atoms with Crippen LogP contribution in [0.2, 0.25) is 0 Å². The Labute approximate surface area is 152 Å². The van der Waals surface area contributed by atoms with Gasteiger partial charge >= 0.3 is 5.76 Å². The van der Waals surface area contributed by atoms with Gasteiger partial charge in [-0.05, 0) is 42.8 Å². The molecule has 4 rings (SSSR count). The minimum absolute atomic E-state index is 0.247. The average molecular weight is 362 g/mol. The van der Waals surface area contributed by atoms with Crippen molar-refractivity contribution < 1.29 is 9.32 Å². The van der Waals surface area contributed by atoms with E-state index >= 15 is 0 Å². The van der Waals surface area contributed by atoms with Gasteiger partial charge in [0.25, 0.3) is 5.91 Å². The summed E-state index contributed by atoms with van der Waals surface area (Å²) < 4.78 is 6.13. The molecule has 0 spiro atoms. The predicted octanol–water partition coefficient (Wildman–Crippen LogP) is 2.17. The lowest BCUT2D eigenvalue weighted by Crippen LogP contribution is -2.13. The van der Waals surface area contributed by atoms with Crippen molar-refractivity contribution in [1.82, 2.24) is 24.9 Å². The van der Waals surface area contributed by atoms with E-state index in [1.807, 2.05) is 13.0 Å². The highest BCUT2D eigenvalue weighted by atomic mass is 16.5. The molecule has 0 unspecified atom stereocenters. The number of hydrogen-bond acceptors (Lipinski definition) is 6. The zero-order valence-electron chi connectivity index (χ0n) is 14.2. The fourth-order valence-corrected chi connectivity index (χ4v) is 2.68. The van der Waals surface area contributed by atoms with Crippen LogP contribution in [0.5, 0.6) is 0 Å². The number of nitrogens with one attached hydrogen (secondary N) is 2. The monoisotopic (exact) mass is 362 g/mol. The molecule has 2 heterocycles. The lowest BCUT2D eigenvalue weighted by atomic mass is 10.1. The van der Waals surface area contributed by atoms with Gasteiger partial charge in [-0.25, -0.2) is 14.5 Å². The molecule has 0 bridgehead atoms. The summed E-state index contributed by atoms with van der Waals surface area (Å²) in [5.74, 6) is -0.588. The lowest BCUT2D eigenvalue weighted by molar-refractivity contribution is 0.102. The Morgan fingerprint density at radius 3 is 2.81 bits per heavy atom. The van der Waals surface area contributed by atoms with Gasteiger partial charge < -0.3 is 5.32 Å². The molecule has 4 aromatic rings. The van der Waals surface area contributed by atoms with E-state index < -0.39 is 5.76 Å². The highest BCUT2D eigenvalue weighted by Crippen LogP contribution is 2.20. The van der Waals surface area contributed by atoms with Gasteiger partial charge in [-0.15, -0.1) is 0 Å². The number of nitrogens with zero attached hydrogens (tertiary/aromatic N) is 4. The Bertz CT molecular complexity index is 1160. The SMILES string of the molecule is Cc1cc(-n2cncn2)ccc1C(=O)Nc1cccc(-c2noc(=O)[nH]2)c1. The third-order valence-electron chi connectivity index (χ3n) is 3.97. The minimum Gasteiger partial charge on any atom is -0.322 e. The van der Waals surface area contributed by atoms with Crippen LogP contribution in [0.1, 0.15) is 15.9 Å². The van der Waals surface area contributed by atoms with Crippen molar-refractivity contribution in [2.24, 2.45) is 0 Å². The van der Waals surface area contributed by atoms with Crippen molar-refractivity contribution in [1.29, 1.82) is 0 Å². The fourth-order valence-electron chi connectivity index (χ4n) is 2.68. The summed E-state index contributed by atoms with van der Waals surface area (Å²) >= 11 is 0. The first-order valence-electron chi connectivity index (χ1n) is 8.03. The first-order valence-corrected chi connectivity index (χ1v) is 8.03.